The molecule has 2 aliphatic rings. The Kier molecular flexibility index (Phi) is 6.03. The number of ketones is 1. The van der Waals surface area contributed by atoms with Gasteiger partial charge in [0.15, 0.2) is 5.78 Å². The Bertz CT molecular complexity index is 1280. The lowest BCUT2D eigenvalue weighted by Gasteiger charge is -2.39. The Morgan fingerprint density at radius 1 is 1.24 bits per heavy atom. The molecule has 0 fully saturated rings. The van der Waals surface area contributed by atoms with Crippen molar-refractivity contribution >= 4 is 34.8 Å². The summed E-state index contributed by atoms with van der Waals surface area (Å²) in [4.78, 5) is 42.1. The standard InChI is InChI=1S/C25H25ClN4O4/c1-13-5-8-20(27-12-13)29-24(32)21-14(2)28-18-10-25(3,4)11-19(31)23(18)22(21)16-9-15(30(33)34)6-7-17(16)26/h5-9,12,22,28H,10-11H2,1-4H3,(H,27,29,32)/t22-/m1/s1. The number of rotatable bonds is 4. The number of nitrogens with zero attached hydrogens (tertiary/aromatic N) is 2. The van der Waals surface area contributed by atoms with Crippen LogP contribution in [0.1, 0.15) is 50.7 Å². The number of amides is 1. The molecule has 1 aromatic carbocycles. The van der Waals surface area contributed by atoms with E-state index in [0.29, 0.717) is 35.5 Å². The fourth-order valence-corrected chi connectivity index (χ4v) is 4.87. The van der Waals surface area contributed by atoms with E-state index >= 15 is 0 Å². The van der Waals surface area contributed by atoms with Crippen LogP contribution in [0.3, 0.4) is 0 Å². The van der Waals surface area contributed by atoms with Gasteiger partial charge in [0.25, 0.3) is 11.6 Å². The third-order valence-electron chi connectivity index (χ3n) is 6.14. The van der Waals surface area contributed by atoms with Gasteiger partial charge < -0.3 is 10.6 Å². The van der Waals surface area contributed by atoms with Gasteiger partial charge >= 0.3 is 0 Å². The molecule has 0 bridgehead atoms. The van der Waals surface area contributed by atoms with Gasteiger partial charge in [-0.2, -0.15) is 0 Å². The van der Waals surface area contributed by atoms with Gasteiger partial charge in [0.1, 0.15) is 5.82 Å². The van der Waals surface area contributed by atoms with E-state index in [1.165, 1.54) is 18.2 Å². The maximum absolute atomic E-state index is 13.5. The van der Waals surface area contributed by atoms with Crippen molar-refractivity contribution in [1.82, 2.24) is 10.3 Å². The SMILES string of the molecule is CC1=C(C(=O)Nc2ccc(C)cn2)[C@@H](c2cc([N+](=O)[O-])ccc2Cl)C2=C(CC(C)(C)CC2=O)N1. The third-order valence-corrected chi connectivity index (χ3v) is 6.48. The number of Topliss-reactive ketones (excluding diaryl/α,β-unsaturated/α-hetero) is 1. The number of hydrogen-bond donors (Lipinski definition) is 2. The van der Waals surface area contributed by atoms with Crippen LogP contribution in [0.4, 0.5) is 11.5 Å². The highest BCUT2D eigenvalue weighted by Crippen LogP contribution is 2.48. The van der Waals surface area contributed by atoms with Crippen LogP contribution in [0.15, 0.2) is 59.1 Å². The average molecular weight is 481 g/mol. The number of nitrogens with one attached hydrogen (secondary N) is 2. The maximum Gasteiger partial charge on any atom is 0.269 e. The van der Waals surface area contributed by atoms with Crippen LogP contribution >= 0.6 is 11.6 Å². The molecule has 176 valence electrons. The fourth-order valence-electron chi connectivity index (χ4n) is 4.64. The number of anilines is 1. The number of halogens is 1. The molecule has 0 spiro atoms. The van der Waals surface area contributed by atoms with Crippen LogP contribution in [-0.2, 0) is 9.59 Å². The van der Waals surface area contributed by atoms with Gasteiger partial charge in [0, 0.05) is 58.2 Å². The first-order chi connectivity index (χ1) is 16.0. The van der Waals surface area contributed by atoms with Crippen LogP contribution in [0.5, 0.6) is 0 Å². The molecule has 1 amide bonds. The Morgan fingerprint density at radius 2 is 1.97 bits per heavy atom. The maximum atomic E-state index is 13.5. The normalized spacial score (nSPS) is 19.4. The van der Waals surface area contributed by atoms with Gasteiger partial charge in [-0.3, -0.25) is 19.7 Å². The lowest BCUT2D eigenvalue weighted by Crippen LogP contribution is -2.39. The lowest BCUT2D eigenvalue weighted by molar-refractivity contribution is -0.384. The van der Waals surface area contributed by atoms with Crippen molar-refractivity contribution in [3.63, 3.8) is 0 Å². The topological polar surface area (TPSA) is 114 Å². The molecule has 0 saturated carbocycles. The Labute approximate surface area is 202 Å². The van der Waals surface area contributed by atoms with E-state index in [1.807, 2.05) is 26.8 Å². The molecular weight excluding hydrogens is 456 g/mol. The van der Waals surface area contributed by atoms with E-state index in [-0.39, 0.29) is 27.5 Å². The highest BCUT2D eigenvalue weighted by molar-refractivity contribution is 6.31. The van der Waals surface area contributed by atoms with E-state index in [2.05, 4.69) is 15.6 Å². The minimum atomic E-state index is -0.849. The van der Waals surface area contributed by atoms with Gasteiger partial charge in [0.2, 0.25) is 0 Å². The fraction of sp³-hybridized carbons (Fsp3) is 0.320. The van der Waals surface area contributed by atoms with Crippen LogP contribution < -0.4 is 10.6 Å². The third kappa shape index (κ3) is 4.46. The van der Waals surface area contributed by atoms with Gasteiger partial charge in [-0.25, -0.2) is 4.98 Å². The molecule has 0 radical (unpaired) electrons. The van der Waals surface area contributed by atoms with Crippen molar-refractivity contribution in [2.24, 2.45) is 5.41 Å². The monoisotopic (exact) mass is 480 g/mol. The van der Waals surface area contributed by atoms with Gasteiger partial charge in [0.05, 0.1) is 4.92 Å². The number of carbonyl (C=O) groups is 2. The molecule has 1 aliphatic carbocycles. The molecule has 2 aromatic rings. The van der Waals surface area contributed by atoms with Crippen LogP contribution in [0.25, 0.3) is 0 Å². The van der Waals surface area contributed by atoms with Gasteiger partial charge in [-0.15, -0.1) is 0 Å². The molecule has 9 heteroatoms. The summed E-state index contributed by atoms with van der Waals surface area (Å²) < 4.78 is 0. The first-order valence-corrected chi connectivity index (χ1v) is 11.3. The number of carbonyl (C=O) groups excluding carboxylic acids is 2. The highest BCUT2D eigenvalue weighted by Gasteiger charge is 2.43. The minimum absolute atomic E-state index is 0.113. The molecule has 34 heavy (non-hydrogen) atoms. The highest BCUT2D eigenvalue weighted by atomic mass is 35.5. The molecule has 1 aromatic heterocycles. The number of aryl methyl sites for hydroxylation is 1. The molecule has 0 saturated heterocycles. The smallest absolute Gasteiger partial charge is 0.269 e. The molecule has 2 heterocycles. The summed E-state index contributed by atoms with van der Waals surface area (Å²) in [5.41, 5.74) is 2.84. The summed E-state index contributed by atoms with van der Waals surface area (Å²) >= 11 is 6.52. The largest absolute Gasteiger partial charge is 0.362 e. The number of allylic oxidation sites excluding steroid dienone is 3. The van der Waals surface area contributed by atoms with Gasteiger partial charge in [-0.1, -0.05) is 31.5 Å². The first kappa shape index (κ1) is 23.6. The van der Waals surface area contributed by atoms with E-state index < -0.39 is 16.7 Å². The summed E-state index contributed by atoms with van der Waals surface area (Å²) in [6.07, 6.45) is 2.53. The van der Waals surface area contributed by atoms with Crippen molar-refractivity contribution < 1.29 is 14.5 Å². The predicted molar refractivity (Wildman–Crippen MR) is 129 cm³/mol. The van der Waals surface area contributed by atoms with Crippen LogP contribution in [0, 0.1) is 22.5 Å². The summed E-state index contributed by atoms with van der Waals surface area (Å²) in [6.45, 7) is 7.67. The zero-order chi connectivity index (χ0) is 24.8. The number of hydrogen-bond acceptors (Lipinski definition) is 6. The summed E-state index contributed by atoms with van der Waals surface area (Å²) in [5.74, 6) is -1.07. The van der Waals surface area contributed by atoms with Crippen molar-refractivity contribution in [1.29, 1.82) is 0 Å². The number of nitro groups is 1. The summed E-state index contributed by atoms with van der Waals surface area (Å²) in [7, 11) is 0. The average Bonchev–Trinajstić information content (AvgIpc) is 2.73. The molecule has 1 aliphatic heterocycles. The second kappa shape index (κ2) is 8.68. The van der Waals surface area contributed by atoms with Gasteiger partial charge in [-0.05, 0) is 48.9 Å². The summed E-state index contributed by atoms with van der Waals surface area (Å²) in [5, 5.41) is 17.8. The molecule has 0 unspecified atom stereocenters. The molecule has 4 rings (SSSR count). The second-order valence-corrected chi connectivity index (χ2v) is 9.97. The van der Waals surface area contributed by atoms with Crippen molar-refractivity contribution in [2.75, 3.05) is 5.32 Å². The first-order valence-electron chi connectivity index (χ1n) is 10.9. The molecular formula is C25H25ClN4O4. The van der Waals surface area contributed by atoms with Crippen molar-refractivity contribution in [3.05, 3.63) is 85.3 Å². The number of non-ortho nitro benzene ring substituents is 1. The molecule has 1 atom stereocenters. The number of nitro benzene ring substituents is 1. The minimum Gasteiger partial charge on any atom is -0.362 e. The van der Waals surface area contributed by atoms with E-state index in [0.717, 1.165) is 11.3 Å². The quantitative estimate of drug-likeness (QED) is 0.459. The molecule has 2 N–H and O–H groups in total. The molecule has 8 nitrogen and oxygen atoms in total. The van der Waals surface area contributed by atoms with E-state index in [9.17, 15) is 19.7 Å². The van der Waals surface area contributed by atoms with Crippen LogP contribution in [0.2, 0.25) is 5.02 Å². The van der Waals surface area contributed by atoms with E-state index in [1.54, 1.807) is 19.2 Å². The number of benzene rings is 1. The summed E-state index contributed by atoms with van der Waals surface area (Å²) in [6, 6.07) is 7.60. The lowest BCUT2D eigenvalue weighted by atomic mass is 9.68. The number of dihydropyridines is 1. The zero-order valence-corrected chi connectivity index (χ0v) is 20.1. The number of aromatic nitrogens is 1. The van der Waals surface area contributed by atoms with Crippen molar-refractivity contribution in [2.45, 2.75) is 46.5 Å². The van der Waals surface area contributed by atoms with E-state index in [4.69, 9.17) is 11.6 Å². The second-order valence-electron chi connectivity index (χ2n) is 9.57. The van der Waals surface area contributed by atoms with Crippen LogP contribution in [-0.4, -0.2) is 21.6 Å². The number of pyridine rings is 1. The predicted octanol–water partition coefficient (Wildman–Crippen LogP) is 5.19. The Morgan fingerprint density at radius 3 is 2.62 bits per heavy atom. The Hall–Kier alpha value is -3.52. The Balaban J connectivity index is 1.87. The van der Waals surface area contributed by atoms with Crippen molar-refractivity contribution in [3.8, 4) is 0 Å². The zero-order valence-electron chi connectivity index (χ0n) is 19.4.